The van der Waals surface area contributed by atoms with E-state index in [4.69, 9.17) is 0 Å². The van der Waals surface area contributed by atoms with Gasteiger partial charge in [-0.2, -0.15) is 4.31 Å². The van der Waals surface area contributed by atoms with Crippen LogP contribution in [-0.2, 0) is 14.8 Å². The number of amides is 2. The summed E-state index contributed by atoms with van der Waals surface area (Å²) in [4.78, 5) is 24.1. The highest BCUT2D eigenvalue weighted by Gasteiger charge is 2.25. The van der Waals surface area contributed by atoms with E-state index in [9.17, 15) is 22.4 Å². The molecule has 154 valence electrons. The van der Waals surface area contributed by atoms with Crippen molar-refractivity contribution in [1.29, 1.82) is 0 Å². The number of anilines is 1. The van der Waals surface area contributed by atoms with Gasteiger partial charge in [0.15, 0.2) is 0 Å². The van der Waals surface area contributed by atoms with Gasteiger partial charge in [-0.05, 0) is 55.3 Å². The van der Waals surface area contributed by atoms with Gasteiger partial charge in [0.25, 0.3) is 5.91 Å². The monoisotopic (exact) mass is 419 g/mol. The molecule has 3 rings (SSSR count). The van der Waals surface area contributed by atoms with Crippen LogP contribution in [0.4, 0.5) is 10.1 Å². The zero-order chi connectivity index (χ0) is 20.9. The second-order valence-electron chi connectivity index (χ2n) is 6.73. The number of sulfonamides is 1. The Morgan fingerprint density at radius 2 is 1.69 bits per heavy atom. The first-order chi connectivity index (χ1) is 13.9. The van der Waals surface area contributed by atoms with Crippen LogP contribution in [-0.4, -0.2) is 44.2 Å². The first-order valence-corrected chi connectivity index (χ1v) is 10.7. The van der Waals surface area contributed by atoms with Gasteiger partial charge in [-0.3, -0.25) is 9.59 Å². The van der Waals surface area contributed by atoms with Crippen LogP contribution in [0, 0.1) is 5.82 Å². The van der Waals surface area contributed by atoms with E-state index in [2.05, 4.69) is 10.6 Å². The molecule has 0 aromatic heterocycles. The summed E-state index contributed by atoms with van der Waals surface area (Å²) in [7, 11) is -3.53. The smallest absolute Gasteiger partial charge is 0.251 e. The fourth-order valence-corrected chi connectivity index (χ4v) is 4.58. The number of nitrogens with zero attached hydrogens (tertiary/aromatic N) is 1. The number of hydrogen-bond acceptors (Lipinski definition) is 4. The highest BCUT2D eigenvalue weighted by molar-refractivity contribution is 7.89. The Morgan fingerprint density at radius 3 is 2.34 bits per heavy atom. The summed E-state index contributed by atoms with van der Waals surface area (Å²) in [6, 6.07) is 11.1. The van der Waals surface area contributed by atoms with Crippen LogP contribution in [0.15, 0.2) is 53.4 Å². The molecule has 1 fully saturated rings. The van der Waals surface area contributed by atoms with Gasteiger partial charge in [-0.15, -0.1) is 0 Å². The second kappa shape index (κ2) is 9.15. The molecule has 0 radical (unpaired) electrons. The Kier molecular flexibility index (Phi) is 6.60. The zero-order valence-electron chi connectivity index (χ0n) is 15.7. The molecular formula is C20H22FN3O4S. The summed E-state index contributed by atoms with van der Waals surface area (Å²) in [6.45, 7) is 0.737. The van der Waals surface area contributed by atoms with E-state index < -0.39 is 27.7 Å². The lowest BCUT2D eigenvalue weighted by Crippen LogP contribution is -2.35. The van der Waals surface area contributed by atoms with Crippen LogP contribution < -0.4 is 10.6 Å². The van der Waals surface area contributed by atoms with Crippen LogP contribution in [0.3, 0.4) is 0 Å². The topological polar surface area (TPSA) is 95.6 Å². The van der Waals surface area contributed by atoms with Crippen molar-refractivity contribution >= 4 is 27.5 Å². The predicted octanol–water partition coefficient (Wildman–Crippen LogP) is 2.37. The number of piperidine rings is 1. The number of halogens is 1. The Morgan fingerprint density at radius 1 is 1.00 bits per heavy atom. The first kappa shape index (κ1) is 20.9. The predicted molar refractivity (Wildman–Crippen MR) is 106 cm³/mol. The maximum atomic E-state index is 13.1. The molecule has 1 aliphatic heterocycles. The molecule has 0 saturated carbocycles. The lowest BCUT2D eigenvalue weighted by molar-refractivity contribution is -0.115. The van der Waals surface area contributed by atoms with Gasteiger partial charge >= 0.3 is 0 Å². The van der Waals surface area contributed by atoms with Crippen LogP contribution in [0.1, 0.15) is 29.6 Å². The number of carbonyl (C=O) groups excluding carboxylic acids is 2. The molecule has 0 unspecified atom stereocenters. The van der Waals surface area contributed by atoms with E-state index in [0.29, 0.717) is 18.8 Å². The van der Waals surface area contributed by atoms with Crippen molar-refractivity contribution in [3.8, 4) is 0 Å². The molecule has 1 aliphatic rings. The average Bonchev–Trinajstić information content (AvgIpc) is 2.73. The summed E-state index contributed by atoms with van der Waals surface area (Å²) in [6.07, 6.45) is 2.75. The molecule has 0 aliphatic carbocycles. The minimum atomic E-state index is -3.53. The third kappa shape index (κ3) is 5.39. The van der Waals surface area contributed by atoms with Crippen molar-refractivity contribution in [1.82, 2.24) is 9.62 Å². The van der Waals surface area contributed by atoms with Crippen molar-refractivity contribution in [3.05, 3.63) is 59.9 Å². The van der Waals surface area contributed by atoms with Crippen molar-refractivity contribution < 1.29 is 22.4 Å². The maximum absolute atomic E-state index is 13.1. The van der Waals surface area contributed by atoms with E-state index in [1.165, 1.54) is 46.8 Å². The van der Waals surface area contributed by atoms with E-state index in [-0.39, 0.29) is 17.0 Å². The highest BCUT2D eigenvalue weighted by Crippen LogP contribution is 2.21. The molecule has 9 heteroatoms. The molecule has 1 heterocycles. The fraction of sp³-hybridized carbons (Fsp3) is 0.300. The van der Waals surface area contributed by atoms with Gasteiger partial charge in [0, 0.05) is 24.3 Å². The molecule has 0 bridgehead atoms. The summed E-state index contributed by atoms with van der Waals surface area (Å²) < 4.78 is 39.9. The SMILES string of the molecule is O=C(CNC(=O)c1cccc(F)c1)Nc1ccc(S(=O)(=O)N2CCCCC2)cc1. The van der Waals surface area contributed by atoms with Crippen LogP contribution in [0.2, 0.25) is 0 Å². The minimum Gasteiger partial charge on any atom is -0.343 e. The molecular weight excluding hydrogens is 397 g/mol. The standard InChI is InChI=1S/C20H22FN3O4S/c21-16-6-4-5-15(13-16)20(26)22-14-19(25)23-17-7-9-18(10-8-17)29(27,28)24-11-2-1-3-12-24/h4-10,13H,1-3,11-12,14H2,(H,22,26)(H,23,25). The first-order valence-electron chi connectivity index (χ1n) is 9.30. The van der Waals surface area contributed by atoms with Gasteiger partial charge in [0.05, 0.1) is 11.4 Å². The van der Waals surface area contributed by atoms with E-state index >= 15 is 0 Å². The van der Waals surface area contributed by atoms with Crippen molar-refractivity contribution in [2.75, 3.05) is 25.0 Å². The van der Waals surface area contributed by atoms with Crippen molar-refractivity contribution in [2.24, 2.45) is 0 Å². The Hall–Kier alpha value is -2.78. The molecule has 2 N–H and O–H groups in total. The normalized spacial score (nSPS) is 14.9. The zero-order valence-corrected chi connectivity index (χ0v) is 16.5. The van der Waals surface area contributed by atoms with Crippen molar-refractivity contribution in [3.63, 3.8) is 0 Å². The molecule has 2 aromatic rings. The average molecular weight is 419 g/mol. The van der Waals surface area contributed by atoms with Crippen molar-refractivity contribution in [2.45, 2.75) is 24.2 Å². The minimum absolute atomic E-state index is 0.116. The highest BCUT2D eigenvalue weighted by atomic mass is 32.2. The molecule has 0 spiro atoms. The number of rotatable bonds is 6. The summed E-state index contributed by atoms with van der Waals surface area (Å²) >= 11 is 0. The summed E-state index contributed by atoms with van der Waals surface area (Å²) in [5.74, 6) is -1.59. The van der Waals surface area contributed by atoms with Crippen LogP contribution in [0.25, 0.3) is 0 Å². The molecule has 2 aromatic carbocycles. The van der Waals surface area contributed by atoms with E-state index in [1.54, 1.807) is 0 Å². The molecule has 1 saturated heterocycles. The molecule has 0 atom stereocenters. The molecule has 29 heavy (non-hydrogen) atoms. The van der Waals surface area contributed by atoms with Gasteiger partial charge < -0.3 is 10.6 Å². The Bertz CT molecular complexity index is 987. The van der Waals surface area contributed by atoms with Gasteiger partial charge in [0.2, 0.25) is 15.9 Å². The number of carbonyl (C=O) groups is 2. The lowest BCUT2D eigenvalue weighted by Gasteiger charge is -2.25. The largest absolute Gasteiger partial charge is 0.343 e. The quantitative estimate of drug-likeness (QED) is 0.751. The van der Waals surface area contributed by atoms with Gasteiger partial charge in [0.1, 0.15) is 5.82 Å². The van der Waals surface area contributed by atoms with Crippen LogP contribution in [0.5, 0.6) is 0 Å². The second-order valence-corrected chi connectivity index (χ2v) is 8.67. The third-order valence-electron chi connectivity index (χ3n) is 4.59. The lowest BCUT2D eigenvalue weighted by atomic mass is 10.2. The van der Waals surface area contributed by atoms with E-state index in [0.717, 1.165) is 25.3 Å². The van der Waals surface area contributed by atoms with Gasteiger partial charge in [-0.25, -0.2) is 12.8 Å². The molecule has 2 amide bonds. The fourth-order valence-electron chi connectivity index (χ4n) is 3.06. The summed E-state index contributed by atoms with van der Waals surface area (Å²) in [5, 5.41) is 4.99. The molecule has 7 nitrogen and oxygen atoms in total. The third-order valence-corrected chi connectivity index (χ3v) is 6.50. The Balaban J connectivity index is 1.55. The Labute approximate surface area is 169 Å². The van der Waals surface area contributed by atoms with Crippen LogP contribution >= 0.6 is 0 Å². The number of benzene rings is 2. The van der Waals surface area contributed by atoms with E-state index in [1.807, 2.05) is 0 Å². The maximum Gasteiger partial charge on any atom is 0.251 e. The van der Waals surface area contributed by atoms with Gasteiger partial charge in [-0.1, -0.05) is 12.5 Å². The summed E-state index contributed by atoms with van der Waals surface area (Å²) in [5.41, 5.74) is 0.526. The number of hydrogen-bond donors (Lipinski definition) is 2. The number of nitrogens with one attached hydrogen (secondary N) is 2.